The molecule has 0 aliphatic rings. The van der Waals surface area contributed by atoms with Crippen molar-refractivity contribution in [2.45, 2.75) is 6.92 Å². The maximum absolute atomic E-state index is 12.8. The fraction of sp³-hybridized carbons (Fsp3) is 0.227. The summed E-state index contributed by atoms with van der Waals surface area (Å²) in [7, 11) is 4.47. The fourth-order valence-electron chi connectivity index (χ4n) is 2.86. The van der Waals surface area contributed by atoms with Crippen LogP contribution in [0.4, 0.5) is 0 Å². The van der Waals surface area contributed by atoms with Gasteiger partial charge in [-0.25, -0.2) is 9.67 Å². The maximum Gasteiger partial charge on any atom is 0.277 e. The third-order valence-electron chi connectivity index (χ3n) is 4.22. The number of carbonyl (C=O) groups is 1. The Hall–Kier alpha value is -3.81. The van der Waals surface area contributed by atoms with Gasteiger partial charge >= 0.3 is 0 Å². The number of hydrogen-bond donors (Lipinski definition) is 0. The number of rotatable bonds is 7. The summed E-state index contributed by atoms with van der Waals surface area (Å²) >= 11 is 0. The van der Waals surface area contributed by atoms with Crippen LogP contribution >= 0.6 is 0 Å². The molecule has 0 radical (unpaired) electrons. The first kappa shape index (κ1) is 20.9. The lowest BCUT2D eigenvalue weighted by molar-refractivity contribution is 0.0997. The van der Waals surface area contributed by atoms with Crippen LogP contribution < -0.4 is 24.3 Å². The highest BCUT2D eigenvalue weighted by Crippen LogP contribution is 2.38. The number of ether oxygens (including phenoxy) is 4. The van der Waals surface area contributed by atoms with Crippen molar-refractivity contribution in [3.8, 4) is 28.8 Å². The monoisotopic (exact) mass is 409 g/mol. The minimum absolute atomic E-state index is 0.294. The van der Waals surface area contributed by atoms with Gasteiger partial charge in [-0.2, -0.15) is 5.10 Å². The lowest BCUT2D eigenvalue weighted by atomic mass is 10.1. The van der Waals surface area contributed by atoms with Crippen molar-refractivity contribution in [3.63, 3.8) is 0 Å². The number of amides is 1. The van der Waals surface area contributed by atoms with E-state index in [2.05, 4.69) is 10.1 Å². The smallest absolute Gasteiger partial charge is 0.277 e. The normalized spacial score (nSPS) is 11.1. The predicted octanol–water partition coefficient (Wildman–Crippen LogP) is 3.04. The first-order valence-electron chi connectivity index (χ1n) is 9.28. The van der Waals surface area contributed by atoms with E-state index in [0.29, 0.717) is 40.7 Å². The summed E-state index contributed by atoms with van der Waals surface area (Å²) in [5, 5.41) is 4.75. The van der Waals surface area contributed by atoms with Gasteiger partial charge < -0.3 is 18.9 Å². The molecule has 1 aromatic heterocycles. The van der Waals surface area contributed by atoms with E-state index in [9.17, 15) is 4.79 Å². The van der Waals surface area contributed by atoms with Gasteiger partial charge in [0, 0.05) is 11.6 Å². The standard InChI is InChI=1S/C22H23N3O5/c1-5-30-20-13-16(14-23-25(20)17-9-7-6-8-10-17)24-22(26)15-11-18(27-2)21(29-4)19(12-15)28-3/h6-14H,5H2,1-4H3. The Kier molecular flexibility index (Phi) is 6.69. The van der Waals surface area contributed by atoms with Gasteiger partial charge in [-0.3, -0.25) is 4.79 Å². The van der Waals surface area contributed by atoms with E-state index < -0.39 is 5.91 Å². The molecule has 0 saturated heterocycles. The SMILES string of the molecule is CCOc1cc(=NC(=O)c2cc(OC)c(OC)c(OC)c2)cnn1-c1ccccc1. The van der Waals surface area contributed by atoms with Crippen LogP contribution in [0.3, 0.4) is 0 Å². The molecule has 0 atom stereocenters. The first-order chi connectivity index (χ1) is 14.6. The number of benzene rings is 2. The Bertz CT molecular complexity index is 1070. The average molecular weight is 409 g/mol. The van der Waals surface area contributed by atoms with Gasteiger partial charge in [0.15, 0.2) is 11.5 Å². The molecule has 0 fully saturated rings. The summed E-state index contributed by atoms with van der Waals surface area (Å²) in [5.41, 5.74) is 1.13. The predicted molar refractivity (Wildman–Crippen MR) is 111 cm³/mol. The van der Waals surface area contributed by atoms with Gasteiger partial charge in [0.05, 0.1) is 45.2 Å². The second-order valence-electron chi connectivity index (χ2n) is 6.06. The molecule has 1 amide bonds. The van der Waals surface area contributed by atoms with E-state index in [0.717, 1.165) is 5.69 Å². The van der Waals surface area contributed by atoms with Gasteiger partial charge in [0.25, 0.3) is 5.91 Å². The molecule has 0 aliphatic heterocycles. The highest BCUT2D eigenvalue weighted by Gasteiger charge is 2.16. The molecule has 3 rings (SSSR count). The third-order valence-corrected chi connectivity index (χ3v) is 4.22. The van der Waals surface area contributed by atoms with Crippen LogP contribution in [0.5, 0.6) is 23.1 Å². The van der Waals surface area contributed by atoms with Crippen molar-refractivity contribution < 1.29 is 23.7 Å². The largest absolute Gasteiger partial charge is 0.493 e. The molecule has 0 N–H and O–H groups in total. The van der Waals surface area contributed by atoms with Crippen molar-refractivity contribution in [2.24, 2.45) is 4.99 Å². The van der Waals surface area contributed by atoms with E-state index in [1.807, 2.05) is 37.3 Å². The van der Waals surface area contributed by atoms with Crippen LogP contribution in [-0.2, 0) is 0 Å². The van der Waals surface area contributed by atoms with Crippen molar-refractivity contribution >= 4 is 5.91 Å². The van der Waals surface area contributed by atoms with Gasteiger partial charge in [-0.15, -0.1) is 0 Å². The third kappa shape index (κ3) is 4.43. The van der Waals surface area contributed by atoms with Crippen molar-refractivity contribution in [1.29, 1.82) is 0 Å². The van der Waals surface area contributed by atoms with E-state index in [1.54, 1.807) is 22.9 Å². The number of methoxy groups -OCH3 is 3. The summed E-state index contributed by atoms with van der Waals surface area (Å²) in [6.45, 7) is 2.32. The minimum atomic E-state index is -0.476. The Morgan fingerprint density at radius 2 is 1.67 bits per heavy atom. The number of carbonyl (C=O) groups excluding carboxylic acids is 1. The van der Waals surface area contributed by atoms with Crippen LogP contribution in [-0.4, -0.2) is 43.6 Å². The molecular formula is C22H23N3O5. The maximum atomic E-state index is 12.8. The first-order valence-corrected chi connectivity index (χ1v) is 9.28. The molecule has 1 heterocycles. The van der Waals surface area contributed by atoms with Crippen molar-refractivity contribution in [2.75, 3.05) is 27.9 Å². The van der Waals surface area contributed by atoms with Crippen LogP contribution in [0.15, 0.2) is 59.7 Å². The van der Waals surface area contributed by atoms with E-state index in [1.165, 1.54) is 27.5 Å². The van der Waals surface area contributed by atoms with Crippen LogP contribution in [0.25, 0.3) is 5.69 Å². The zero-order valence-electron chi connectivity index (χ0n) is 17.3. The quantitative estimate of drug-likeness (QED) is 0.596. The summed E-state index contributed by atoms with van der Waals surface area (Å²) in [6, 6.07) is 14.3. The Morgan fingerprint density at radius 3 is 2.23 bits per heavy atom. The molecule has 0 saturated carbocycles. The zero-order chi connectivity index (χ0) is 21.5. The lowest BCUT2D eigenvalue weighted by Gasteiger charge is -2.13. The second kappa shape index (κ2) is 9.60. The van der Waals surface area contributed by atoms with Gasteiger partial charge in [0.2, 0.25) is 11.6 Å². The summed E-state index contributed by atoms with van der Waals surface area (Å²) in [4.78, 5) is 16.9. The molecule has 0 spiro atoms. The lowest BCUT2D eigenvalue weighted by Crippen LogP contribution is -2.15. The molecule has 2 aromatic carbocycles. The second-order valence-corrected chi connectivity index (χ2v) is 6.06. The number of para-hydroxylation sites is 1. The molecule has 3 aromatic rings. The van der Waals surface area contributed by atoms with Gasteiger partial charge in [-0.05, 0) is 31.2 Å². The van der Waals surface area contributed by atoms with Crippen LogP contribution in [0.2, 0.25) is 0 Å². The van der Waals surface area contributed by atoms with Crippen molar-refractivity contribution in [1.82, 2.24) is 9.78 Å². The zero-order valence-corrected chi connectivity index (χ0v) is 17.3. The van der Waals surface area contributed by atoms with Crippen LogP contribution in [0, 0.1) is 0 Å². The fourth-order valence-corrected chi connectivity index (χ4v) is 2.86. The average Bonchev–Trinajstić information content (AvgIpc) is 2.79. The number of aromatic nitrogens is 2. The highest BCUT2D eigenvalue weighted by atomic mass is 16.5. The van der Waals surface area contributed by atoms with Gasteiger partial charge in [0.1, 0.15) is 0 Å². The molecule has 8 heteroatoms. The van der Waals surface area contributed by atoms with E-state index in [-0.39, 0.29) is 0 Å². The molecular weight excluding hydrogens is 386 g/mol. The number of nitrogens with zero attached hydrogens (tertiary/aromatic N) is 3. The molecule has 8 nitrogen and oxygen atoms in total. The van der Waals surface area contributed by atoms with Crippen LogP contribution in [0.1, 0.15) is 17.3 Å². The Labute approximate surface area is 174 Å². The molecule has 0 bridgehead atoms. The topological polar surface area (TPSA) is 84.2 Å². The molecule has 0 aliphatic carbocycles. The minimum Gasteiger partial charge on any atom is -0.493 e. The molecule has 30 heavy (non-hydrogen) atoms. The number of hydrogen-bond acceptors (Lipinski definition) is 6. The highest BCUT2D eigenvalue weighted by molar-refractivity contribution is 5.96. The summed E-state index contributed by atoms with van der Waals surface area (Å²) < 4.78 is 23.2. The Morgan fingerprint density at radius 1 is 1.00 bits per heavy atom. The van der Waals surface area contributed by atoms with E-state index in [4.69, 9.17) is 18.9 Å². The summed E-state index contributed by atoms with van der Waals surface area (Å²) in [5.74, 6) is 1.15. The van der Waals surface area contributed by atoms with Gasteiger partial charge in [-0.1, -0.05) is 18.2 Å². The molecule has 0 unspecified atom stereocenters. The molecule has 156 valence electrons. The summed E-state index contributed by atoms with van der Waals surface area (Å²) in [6.07, 6.45) is 1.51. The Balaban J connectivity index is 2.02. The van der Waals surface area contributed by atoms with Crippen molar-refractivity contribution in [3.05, 3.63) is 65.6 Å². The van der Waals surface area contributed by atoms with E-state index >= 15 is 0 Å².